The zero-order valence-corrected chi connectivity index (χ0v) is 31.9. The van der Waals surface area contributed by atoms with Crippen LogP contribution in [0.1, 0.15) is 70.3 Å². The van der Waals surface area contributed by atoms with Crippen molar-refractivity contribution < 1.29 is 23.5 Å². The van der Waals surface area contributed by atoms with Crippen LogP contribution in [0.5, 0.6) is 5.75 Å². The van der Waals surface area contributed by atoms with Gasteiger partial charge in [-0.1, -0.05) is 32.9 Å². The molecule has 0 aliphatic heterocycles. The maximum Gasteiger partial charge on any atom is 0.276 e. The van der Waals surface area contributed by atoms with Gasteiger partial charge in [0.1, 0.15) is 27.3 Å². The fourth-order valence-corrected chi connectivity index (χ4v) is 7.31. The molecule has 0 unspecified atom stereocenters. The minimum absolute atomic E-state index is 0.0987. The molecule has 3 amide bonds. The van der Waals surface area contributed by atoms with Gasteiger partial charge in [0.05, 0.1) is 22.7 Å². The molecular formula is C34H46N10O5SSi. The maximum absolute atomic E-state index is 13.3. The average Bonchev–Trinajstić information content (AvgIpc) is 3.79. The standard InChI is InChI=1S/C34H46N10O5SSi/c1-8-44-24(16-20(2)41-44)30(47)40-33-39-23-19-26(29(36)46)50-31(23)43(33)13-10-9-12-42-27-22(38-32(42)37)17-21(28(35)45)18-25(27)48-14-11-15-49-51(6,7)34(3,4)5/h9-10,16-19H,8,11-15H2,1-7H3,(H2,35,45)(H2,36,46)(H2,37,38)(H,39,40,47)/b10-9+. The van der Waals surface area contributed by atoms with Crippen molar-refractivity contribution in [3.05, 3.63) is 58.2 Å². The lowest BCUT2D eigenvalue weighted by molar-refractivity contribution is 0.0993. The number of ether oxygens (including phenoxy) is 1. The summed E-state index contributed by atoms with van der Waals surface area (Å²) in [5.74, 6) is -0.547. The first-order valence-corrected chi connectivity index (χ1v) is 20.4. The first-order chi connectivity index (χ1) is 24.0. The van der Waals surface area contributed by atoms with E-state index in [-0.39, 0.29) is 22.5 Å². The van der Waals surface area contributed by atoms with Crippen LogP contribution in [-0.4, -0.2) is 68.1 Å². The van der Waals surface area contributed by atoms with E-state index in [1.165, 1.54) is 11.3 Å². The summed E-state index contributed by atoms with van der Waals surface area (Å²) < 4.78 is 17.7. The molecule has 0 aliphatic rings. The third-order valence-electron chi connectivity index (χ3n) is 9.00. The van der Waals surface area contributed by atoms with Gasteiger partial charge in [-0.25, -0.2) is 9.97 Å². The number of carbonyl (C=O) groups is 3. The van der Waals surface area contributed by atoms with Crippen molar-refractivity contribution in [2.24, 2.45) is 11.5 Å². The van der Waals surface area contributed by atoms with Crippen molar-refractivity contribution in [3.8, 4) is 5.75 Å². The molecule has 0 bridgehead atoms. The van der Waals surface area contributed by atoms with Crippen molar-refractivity contribution in [3.63, 3.8) is 0 Å². The highest BCUT2D eigenvalue weighted by Crippen LogP contribution is 2.37. The number of thiophene rings is 1. The number of benzene rings is 1. The molecule has 0 spiro atoms. The maximum atomic E-state index is 13.3. The number of hydrogen-bond donors (Lipinski definition) is 4. The monoisotopic (exact) mass is 734 g/mol. The Bertz CT molecular complexity index is 2140. The molecule has 272 valence electrons. The summed E-state index contributed by atoms with van der Waals surface area (Å²) in [6, 6.07) is 6.53. The van der Waals surface area contributed by atoms with E-state index in [2.05, 4.69) is 54.2 Å². The zero-order chi connectivity index (χ0) is 37.2. The number of nitrogens with zero attached hydrogens (tertiary/aromatic N) is 6. The van der Waals surface area contributed by atoms with Gasteiger partial charge in [-0.05, 0) is 56.2 Å². The molecule has 5 aromatic rings. The van der Waals surface area contributed by atoms with Crippen LogP contribution in [0.4, 0.5) is 11.9 Å². The number of nitrogens with one attached hydrogen (secondary N) is 1. The van der Waals surface area contributed by atoms with E-state index in [4.69, 9.17) is 26.4 Å². The minimum atomic E-state index is -1.90. The third kappa shape index (κ3) is 8.00. The molecule has 4 aromatic heterocycles. The van der Waals surface area contributed by atoms with Crippen LogP contribution < -0.4 is 27.3 Å². The SMILES string of the molecule is CCn1nc(C)cc1C(=O)Nc1nc2cc(C(N)=O)sc2n1C/C=C/Cn1c(N)nc2cc(C(N)=O)cc(OCCCO[Si](C)(C)C(C)(C)C)c21. The number of fused-ring (bicyclic) bond motifs is 2. The molecule has 5 rings (SSSR count). The van der Waals surface area contributed by atoms with Gasteiger partial charge in [0, 0.05) is 38.2 Å². The summed E-state index contributed by atoms with van der Waals surface area (Å²) in [6.45, 7) is 16.8. The summed E-state index contributed by atoms with van der Waals surface area (Å²) in [4.78, 5) is 47.5. The van der Waals surface area contributed by atoms with E-state index in [9.17, 15) is 14.4 Å². The van der Waals surface area contributed by atoms with Crippen molar-refractivity contribution in [1.82, 2.24) is 28.9 Å². The van der Waals surface area contributed by atoms with E-state index in [0.29, 0.717) is 82.9 Å². The molecule has 17 heteroatoms. The second kappa shape index (κ2) is 14.7. The number of carbonyl (C=O) groups excluding carboxylic acids is 3. The number of nitrogens with two attached hydrogens (primary N) is 3. The molecule has 0 saturated heterocycles. The number of allylic oxidation sites excluding steroid dienone is 2. The van der Waals surface area contributed by atoms with Crippen LogP contribution in [0.2, 0.25) is 18.1 Å². The van der Waals surface area contributed by atoms with E-state index in [1.54, 1.807) is 38.1 Å². The molecule has 51 heavy (non-hydrogen) atoms. The van der Waals surface area contributed by atoms with Crippen molar-refractivity contribution in [2.75, 3.05) is 24.3 Å². The normalized spacial score (nSPS) is 12.4. The lowest BCUT2D eigenvalue weighted by Gasteiger charge is -2.36. The molecule has 15 nitrogen and oxygen atoms in total. The fourth-order valence-electron chi connectivity index (χ4n) is 5.27. The molecule has 0 fully saturated rings. The Morgan fingerprint density at radius 1 is 0.980 bits per heavy atom. The number of hydrogen-bond acceptors (Lipinski definition) is 10. The lowest BCUT2D eigenvalue weighted by Crippen LogP contribution is -2.41. The van der Waals surface area contributed by atoms with Gasteiger partial charge >= 0.3 is 0 Å². The first-order valence-electron chi connectivity index (χ1n) is 16.7. The molecule has 4 heterocycles. The molecule has 7 N–H and O–H groups in total. The van der Waals surface area contributed by atoms with E-state index in [1.807, 2.05) is 26.0 Å². The van der Waals surface area contributed by atoms with E-state index < -0.39 is 20.1 Å². The van der Waals surface area contributed by atoms with Crippen LogP contribution in [0.25, 0.3) is 21.4 Å². The van der Waals surface area contributed by atoms with Gasteiger partial charge in [-0.2, -0.15) is 5.10 Å². The Hall–Kier alpha value is -5.00. The Balaban J connectivity index is 1.37. The largest absolute Gasteiger partial charge is 0.491 e. The molecule has 0 atom stereocenters. The second-order valence-corrected chi connectivity index (χ2v) is 19.6. The van der Waals surface area contributed by atoms with Gasteiger partial charge in [0.2, 0.25) is 17.8 Å². The second-order valence-electron chi connectivity index (χ2n) is 13.7. The first kappa shape index (κ1) is 37.3. The van der Waals surface area contributed by atoms with Gasteiger partial charge in [-0.15, -0.1) is 11.3 Å². The summed E-state index contributed by atoms with van der Waals surface area (Å²) in [5.41, 5.74) is 20.6. The Morgan fingerprint density at radius 2 is 1.69 bits per heavy atom. The summed E-state index contributed by atoms with van der Waals surface area (Å²) in [6.07, 6.45) is 4.44. The number of imidazole rings is 2. The Morgan fingerprint density at radius 3 is 2.33 bits per heavy atom. The number of nitrogen functional groups attached to an aromatic ring is 1. The summed E-state index contributed by atoms with van der Waals surface area (Å²) in [5, 5.41) is 7.37. The van der Waals surface area contributed by atoms with Gasteiger partial charge in [-0.3, -0.25) is 28.9 Å². The molecule has 0 radical (unpaired) electrons. The highest BCUT2D eigenvalue weighted by Gasteiger charge is 2.36. The highest BCUT2D eigenvalue weighted by atomic mass is 32.1. The average molecular weight is 735 g/mol. The number of anilines is 2. The Kier molecular flexibility index (Phi) is 10.7. The van der Waals surface area contributed by atoms with Gasteiger partial charge in [0.15, 0.2) is 8.32 Å². The van der Waals surface area contributed by atoms with Crippen LogP contribution >= 0.6 is 11.3 Å². The quantitative estimate of drug-likeness (QED) is 0.0642. The lowest BCUT2D eigenvalue weighted by atomic mass is 10.1. The third-order valence-corrected chi connectivity index (χ3v) is 14.7. The smallest absolute Gasteiger partial charge is 0.276 e. The van der Waals surface area contributed by atoms with E-state index in [0.717, 1.165) is 5.69 Å². The highest BCUT2D eigenvalue weighted by molar-refractivity contribution is 7.20. The number of aromatic nitrogens is 6. The Labute approximate surface area is 300 Å². The number of primary amides is 2. The fraction of sp³-hybridized carbons (Fsp3) is 0.412. The number of amides is 3. The number of rotatable bonds is 15. The topological polar surface area (TPSA) is 213 Å². The summed E-state index contributed by atoms with van der Waals surface area (Å²) in [7, 11) is -1.90. The predicted octanol–water partition coefficient (Wildman–Crippen LogP) is 5.05. The predicted molar refractivity (Wildman–Crippen MR) is 202 cm³/mol. The van der Waals surface area contributed by atoms with Crippen LogP contribution in [0.15, 0.2) is 36.4 Å². The molecule has 1 aromatic carbocycles. The minimum Gasteiger partial charge on any atom is -0.491 e. The summed E-state index contributed by atoms with van der Waals surface area (Å²) >= 11 is 1.19. The van der Waals surface area contributed by atoms with Crippen LogP contribution in [0, 0.1) is 6.92 Å². The van der Waals surface area contributed by atoms with Crippen LogP contribution in [-0.2, 0) is 24.1 Å². The van der Waals surface area contributed by atoms with Gasteiger partial charge in [0.25, 0.3) is 11.8 Å². The van der Waals surface area contributed by atoms with Gasteiger partial charge < -0.3 is 30.9 Å². The zero-order valence-electron chi connectivity index (χ0n) is 30.1. The van der Waals surface area contributed by atoms with E-state index >= 15 is 0 Å². The molecule has 0 aliphatic carbocycles. The van der Waals surface area contributed by atoms with Crippen LogP contribution in [0.3, 0.4) is 0 Å². The van der Waals surface area contributed by atoms with Crippen molar-refractivity contribution in [2.45, 2.75) is 78.8 Å². The molecule has 0 saturated carbocycles. The van der Waals surface area contributed by atoms with Crippen molar-refractivity contribution >= 4 is 70.7 Å². The number of aryl methyl sites for hydroxylation is 2. The van der Waals surface area contributed by atoms with Crippen molar-refractivity contribution in [1.29, 1.82) is 0 Å². The molecular weight excluding hydrogens is 689 g/mol.